The molecule has 3 aromatic rings. The van der Waals surface area contributed by atoms with Crippen LogP contribution in [0, 0.1) is 0 Å². The van der Waals surface area contributed by atoms with E-state index in [1.165, 1.54) is 13.2 Å². The highest BCUT2D eigenvalue weighted by atomic mass is 16.5. The topological polar surface area (TPSA) is 59.7 Å². The summed E-state index contributed by atoms with van der Waals surface area (Å²) < 4.78 is 10.9. The van der Waals surface area contributed by atoms with Gasteiger partial charge in [0.2, 0.25) is 0 Å². The lowest BCUT2D eigenvalue weighted by molar-refractivity contribution is 0.0699. The Morgan fingerprint density at radius 1 is 1.22 bits per heavy atom. The van der Waals surface area contributed by atoms with Gasteiger partial charge in [-0.3, -0.25) is 0 Å². The number of hydrogen-bond donors (Lipinski definition) is 1. The lowest BCUT2D eigenvalue weighted by atomic mass is 10.1. The van der Waals surface area contributed by atoms with E-state index >= 15 is 0 Å². The third-order valence-corrected chi connectivity index (χ3v) is 2.94. The Bertz CT molecular complexity index is 755. The molecule has 1 N–H and O–H groups in total. The van der Waals surface area contributed by atoms with Gasteiger partial charge in [-0.05, 0) is 18.2 Å². The number of methoxy groups -OCH3 is 1. The first kappa shape index (κ1) is 10.7. The first-order chi connectivity index (χ1) is 8.72. The predicted molar refractivity (Wildman–Crippen MR) is 67.2 cm³/mol. The minimum Gasteiger partial charge on any atom is -0.493 e. The monoisotopic (exact) mass is 242 g/mol. The average Bonchev–Trinajstić information content (AvgIpc) is 2.76. The summed E-state index contributed by atoms with van der Waals surface area (Å²) in [7, 11) is 1.53. The van der Waals surface area contributed by atoms with Crippen LogP contribution < -0.4 is 4.74 Å². The molecule has 0 aliphatic rings. The molecule has 0 bridgehead atoms. The van der Waals surface area contributed by atoms with Gasteiger partial charge in [-0.15, -0.1) is 0 Å². The van der Waals surface area contributed by atoms with Gasteiger partial charge in [0.15, 0.2) is 11.3 Å². The Balaban J connectivity index is 2.56. The van der Waals surface area contributed by atoms with E-state index in [1.807, 2.05) is 18.2 Å². The summed E-state index contributed by atoms with van der Waals surface area (Å²) in [5.74, 6) is -0.444. The molecule has 0 saturated carbocycles. The van der Waals surface area contributed by atoms with Crippen molar-refractivity contribution in [1.82, 2.24) is 0 Å². The van der Waals surface area contributed by atoms with Crippen LogP contribution >= 0.6 is 0 Å². The Labute approximate surface area is 102 Å². The zero-order valence-corrected chi connectivity index (χ0v) is 9.64. The number of rotatable bonds is 2. The average molecular weight is 242 g/mol. The fourth-order valence-electron chi connectivity index (χ4n) is 2.14. The summed E-state index contributed by atoms with van der Waals surface area (Å²) >= 11 is 0. The van der Waals surface area contributed by atoms with E-state index in [0.29, 0.717) is 22.3 Å². The van der Waals surface area contributed by atoms with Crippen LogP contribution in [0.1, 0.15) is 10.4 Å². The molecule has 0 saturated heterocycles. The van der Waals surface area contributed by atoms with Crippen LogP contribution in [-0.4, -0.2) is 18.2 Å². The summed E-state index contributed by atoms with van der Waals surface area (Å²) in [6.45, 7) is 0. The molecule has 0 atom stereocenters. The third kappa shape index (κ3) is 1.35. The molecule has 4 heteroatoms. The van der Waals surface area contributed by atoms with E-state index in [-0.39, 0.29) is 5.56 Å². The van der Waals surface area contributed by atoms with E-state index in [9.17, 15) is 9.90 Å². The SMILES string of the molecule is COc1ccc(C(=O)O)c2c1oc1ccccc12. The molecule has 4 nitrogen and oxygen atoms in total. The molecule has 0 amide bonds. The second kappa shape index (κ2) is 3.77. The fraction of sp³-hybridized carbons (Fsp3) is 0.0714. The molecule has 0 aliphatic carbocycles. The van der Waals surface area contributed by atoms with Gasteiger partial charge >= 0.3 is 5.97 Å². The lowest BCUT2D eigenvalue weighted by Crippen LogP contribution is -1.97. The lowest BCUT2D eigenvalue weighted by Gasteiger charge is -2.02. The largest absolute Gasteiger partial charge is 0.493 e. The number of ether oxygens (including phenoxy) is 1. The van der Waals surface area contributed by atoms with Crippen molar-refractivity contribution in [3.8, 4) is 5.75 Å². The fourth-order valence-corrected chi connectivity index (χ4v) is 2.14. The number of furan rings is 1. The van der Waals surface area contributed by atoms with Gasteiger partial charge in [0.1, 0.15) is 5.58 Å². The predicted octanol–water partition coefficient (Wildman–Crippen LogP) is 3.29. The van der Waals surface area contributed by atoms with Crippen molar-refractivity contribution in [2.75, 3.05) is 7.11 Å². The standard InChI is InChI=1S/C14H10O4/c1-17-11-7-6-9(14(15)16)12-8-4-2-3-5-10(8)18-13(11)12/h2-7H,1H3,(H,15,16). The number of carboxylic acids is 1. The van der Waals surface area contributed by atoms with E-state index in [4.69, 9.17) is 9.15 Å². The molecule has 0 aliphatic heterocycles. The molecule has 1 heterocycles. The van der Waals surface area contributed by atoms with Crippen molar-refractivity contribution in [1.29, 1.82) is 0 Å². The molecule has 0 unspecified atom stereocenters. The number of fused-ring (bicyclic) bond motifs is 3. The van der Waals surface area contributed by atoms with Crippen molar-refractivity contribution in [2.24, 2.45) is 0 Å². The summed E-state index contributed by atoms with van der Waals surface area (Å²) in [6.07, 6.45) is 0. The molecular weight excluding hydrogens is 232 g/mol. The normalized spacial score (nSPS) is 10.9. The minimum absolute atomic E-state index is 0.218. The van der Waals surface area contributed by atoms with E-state index in [2.05, 4.69) is 0 Å². The number of carboxylic acid groups (broad SMARTS) is 1. The van der Waals surface area contributed by atoms with Crippen molar-refractivity contribution in [2.45, 2.75) is 0 Å². The van der Waals surface area contributed by atoms with Crippen LogP contribution in [-0.2, 0) is 0 Å². The molecule has 0 spiro atoms. The number of aromatic carboxylic acids is 1. The van der Waals surface area contributed by atoms with Crippen molar-refractivity contribution < 1.29 is 19.1 Å². The highest BCUT2D eigenvalue weighted by molar-refractivity contribution is 6.16. The molecule has 0 fully saturated rings. The maximum absolute atomic E-state index is 11.3. The van der Waals surface area contributed by atoms with Gasteiger partial charge in [-0.2, -0.15) is 0 Å². The van der Waals surface area contributed by atoms with Gasteiger partial charge in [0.05, 0.1) is 12.7 Å². The number of carbonyl (C=O) groups is 1. The third-order valence-electron chi connectivity index (χ3n) is 2.94. The van der Waals surface area contributed by atoms with Gasteiger partial charge in [-0.1, -0.05) is 18.2 Å². The molecule has 1 aromatic heterocycles. The second-order valence-electron chi connectivity index (χ2n) is 3.92. The van der Waals surface area contributed by atoms with E-state index in [0.717, 1.165) is 5.39 Å². The van der Waals surface area contributed by atoms with Crippen molar-refractivity contribution >= 4 is 27.9 Å². The maximum Gasteiger partial charge on any atom is 0.336 e. The number of benzene rings is 2. The van der Waals surface area contributed by atoms with Crippen LogP contribution in [0.4, 0.5) is 0 Å². The van der Waals surface area contributed by atoms with Crippen LogP contribution in [0.3, 0.4) is 0 Å². The van der Waals surface area contributed by atoms with Gasteiger partial charge < -0.3 is 14.3 Å². The quantitative estimate of drug-likeness (QED) is 0.749. The molecule has 18 heavy (non-hydrogen) atoms. The summed E-state index contributed by atoms with van der Waals surface area (Å²) in [4.78, 5) is 11.3. The highest BCUT2D eigenvalue weighted by Crippen LogP contribution is 2.36. The Morgan fingerprint density at radius 2 is 2.00 bits per heavy atom. The van der Waals surface area contributed by atoms with Gasteiger partial charge in [0.25, 0.3) is 0 Å². The first-order valence-electron chi connectivity index (χ1n) is 5.44. The van der Waals surface area contributed by atoms with Crippen LogP contribution in [0.15, 0.2) is 40.8 Å². The highest BCUT2D eigenvalue weighted by Gasteiger charge is 2.18. The Hall–Kier alpha value is -2.49. The number of para-hydroxylation sites is 1. The van der Waals surface area contributed by atoms with Gasteiger partial charge in [-0.25, -0.2) is 4.79 Å². The maximum atomic E-state index is 11.3. The number of hydrogen-bond acceptors (Lipinski definition) is 3. The zero-order chi connectivity index (χ0) is 12.7. The molecule has 90 valence electrons. The van der Waals surface area contributed by atoms with Crippen molar-refractivity contribution in [3.05, 3.63) is 42.0 Å². The molecule has 0 radical (unpaired) electrons. The smallest absolute Gasteiger partial charge is 0.336 e. The van der Waals surface area contributed by atoms with Crippen LogP contribution in [0.5, 0.6) is 5.75 Å². The summed E-state index contributed by atoms with van der Waals surface area (Å²) in [6, 6.07) is 10.5. The molecule has 3 rings (SSSR count). The summed E-state index contributed by atoms with van der Waals surface area (Å²) in [5, 5.41) is 10.6. The molecule has 2 aromatic carbocycles. The molecular formula is C14H10O4. The van der Waals surface area contributed by atoms with Gasteiger partial charge in [0, 0.05) is 10.8 Å². The second-order valence-corrected chi connectivity index (χ2v) is 3.92. The van der Waals surface area contributed by atoms with E-state index in [1.54, 1.807) is 12.1 Å². The summed E-state index contributed by atoms with van der Waals surface area (Å²) in [5.41, 5.74) is 1.34. The van der Waals surface area contributed by atoms with Crippen LogP contribution in [0.25, 0.3) is 21.9 Å². The Kier molecular flexibility index (Phi) is 2.23. The zero-order valence-electron chi connectivity index (χ0n) is 9.64. The van der Waals surface area contributed by atoms with Crippen molar-refractivity contribution in [3.63, 3.8) is 0 Å². The Morgan fingerprint density at radius 3 is 2.72 bits per heavy atom. The first-order valence-corrected chi connectivity index (χ1v) is 5.44. The minimum atomic E-state index is -0.978. The van der Waals surface area contributed by atoms with Crippen LogP contribution in [0.2, 0.25) is 0 Å². The van der Waals surface area contributed by atoms with E-state index < -0.39 is 5.97 Å².